The highest BCUT2D eigenvalue weighted by Crippen LogP contribution is 2.48. The highest BCUT2D eigenvalue weighted by atomic mass is 32.1. The number of benzene rings is 2. The Morgan fingerprint density at radius 2 is 2.02 bits per heavy atom. The van der Waals surface area contributed by atoms with Gasteiger partial charge in [0, 0.05) is 42.0 Å². The minimum absolute atomic E-state index is 0.0119. The van der Waals surface area contributed by atoms with Crippen LogP contribution in [0.3, 0.4) is 0 Å². The molecule has 0 aliphatic carbocycles. The average Bonchev–Trinajstić information content (AvgIpc) is 3.28. The third-order valence-corrected chi connectivity index (χ3v) is 7.99. The first-order chi connectivity index (χ1) is 19.4. The summed E-state index contributed by atoms with van der Waals surface area (Å²) in [6.07, 6.45) is -3.90. The standard InChI is InChI=1S/C27H21F5N6O2S/c1-4-18(39)38-8-7-37(11-12(38)2)25-14-9-16(27(30,31)32)20(21(29)22(14)35-26(36-25)40-3)13-5-6-17(28)23-19(13)15(10-33)24(34)41-23/h4-6,9,12H,1,7-8,11,34H2,2-3H3. The van der Waals surface area contributed by atoms with E-state index < -0.39 is 34.5 Å². The SMILES string of the molecule is C=CC(=O)N1CCN(c2nc(OC)nc3c(F)c(-c4ccc(F)c5sc(N)c(C#N)c45)c(C(F)(F)F)cc23)CC1C. The van der Waals surface area contributed by atoms with E-state index in [4.69, 9.17) is 10.5 Å². The molecule has 2 aromatic carbocycles. The van der Waals surface area contributed by atoms with Gasteiger partial charge >= 0.3 is 12.2 Å². The summed E-state index contributed by atoms with van der Waals surface area (Å²) in [5.74, 6) is -2.48. The van der Waals surface area contributed by atoms with Gasteiger partial charge in [0.15, 0.2) is 5.82 Å². The Morgan fingerprint density at radius 3 is 2.63 bits per heavy atom. The number of thiophene rings is 1. The van der Waals surface area contributed by atoms with Crippen molar-refractivity contribution in [3.63, 3.8) is 0 Å². The molecule has 1 aliphatic rings. The largest absolute Gasteiger partial charge is 0.467 e. The van der Waals surface area contributed by atoms with Gasteiger partial charge in [0.2, 0.25) is 5.91 Å². The maximum absolute atomic E-state index is 16.4. The van der Waals surface area contributed by atoms with Gasteiger partial charge in [0.1, 0.15) is 28.2 Å². The minimum atomic E-state index is -5.07. The second-order valence-corrected chi connectivity index (χ2v) is 10.4. The smallest absolute Gasteiger partial charge is 0.417 e. The van der Waals surface area contributed by atoms with Gasteiger partial charge in [-0.3, -0.25) is 4.79 Å². The topological polar surface area (TPSA) is 108 Å². The monoisotopic (exact) mass is 588 g/mol. The Bertz CT molecular complexity index is 1780. The van der Waals surface area contributed by atoms with E-state index in [1.807, 2.05) is 0 Å². The normalized spacial score (nSPS) is 15.8. The summed E-state index contributed by atoms with van der Waals surface area (Å²) in [5.41, 5.74) is 2.50. The first-order valence-electron chi connectivity index (χ1n) is 12.2. The van der Waals surface area contributed by atoms with E-state index in [0.29, 0.717) is 11.3 Å². The van der Waals surface area contributed by atoms with Gasteiger partial charge in [-0.25, -0.2) is 8.78 Å². The number of nitriles is 1. The quantitative estimate of drug-likeness (QED) is 0.248. The number of nitrogen functional groups attached to an aromatic ring is 1. The number of carbonyl (C=O) groups excluding carboxylic acids is 1. The van der Waals surface area contributed by atoms with E-state index in [1.165, 1.54) is 13.2 Å². The van der Waals surface area contributed by atoms with Crippen molar-refractivity contribution < 1.29 is 31.5 Å². The van der Waals surface area contributed by atoms with Crippen LogP contribution in [0.2, 0.25) is 0 Å². The number of nitrogens with two attached hydrogens (primary N) is 1. The lowest BCUT2D eigenvalue weighted by Gasteiger charge is -2.40. The molecular weight excluding hydrogens is 567 g/mol. The molecule has 1 amide bonds. The summed E-state index contributed by atoms with van der Waals surface area (Å²) in [7, 11) is 1.23. The first-order valence-corrected chi connectivity index (χ1v) is 13.0. The van der Waals surface area contributed by atoms with Crippen molar-refractivity contribution in [3.8, 4) is 23.2 Å². The molecule has 2 N–H and O–H groups in total. The summed E-state index contributed by atoms with van der Waals surface area (Å²) in [5, 5.41) is 9.07. The van der Waals surface area contributed by atoms with Crippen LogP contribution < -0.4 is 15.4 Å². The molecular formula is C27H21F5N6O2S. The number of fused-ring (bicyclic) bond motifs is 2. The predicted molar refractivity (Wildman–Crippen MR) is 145 cm³/mol. The summed E-state index contributed by atoms with van der Waals surface area (Å²) in [4.78, 5) is 23.7. The maximum Gasteiger partial charge on any atom is 0.417 e. The van der Waals surface area contributed by atoms with Crippen molar-refractivity contribution in [2.75, 3.05) is 37.4 Å². The molecule has 0 saturated carbocycles. The fourth-order valence-electron chi connectivity index (χ4n) is 5.11. The number of nitrogens with zero attached hydrogens (tertiary/aromatic N) is 5. The number of halogens is 5. The number of rotatable bonds is 4. The number of alkyl halides is 3. The van der Waals surface area contributed by atoms with Crippen molar-refractivity contribution >= 4 is 49.1 Å². The van der Waals surface area contributed by atoms with E-state index in [9.17, 15) is 27.6 Å². The van der Waals surface area contributed by atoms with Crippen molar-refractivity contribution in [1.29, 1.82) is 5.26 Å². The Morgan fingerprint density at radius 1 is 1.29 bits per heavy atom. The molecule has 1 fully saturated rings. The zero-order valence-corrected chi connectivity index (χ0v) is 22.5. The number of carbonyl (C=O) groups is 1. The van der Waals surface area contributed by atoms with Gasteiger partial charge in [0.25, 0.3) is 0 Å². The molecule has 1 atom stereocenters. The van der Waals surface area contributed by atoms with Gasteiger partial charge in [0.05, 0.1) is 22.9 Å². The van der Waals surface area contributed by atoms with E-state index in [2.05, 4.69) is 16.5 Å². The summed E-state index contributed by atoms with van der Waals surface area (Å²) in [6.45, 7) is 5.82. The molecule has 5 rings (SSSR count). The molecule has 41 heavy (non-hydrogen) atoms. The molecule has 1 aliphatic heterocycles. The number of aromatic nitrogens is 2. The number of anilines is 2. The third kappa shape index (κ3) is 4.55. The lowest BCUT2D eigenvalue weighted by molar-refractivity contribution is -0.137. The highest BCUT2D eigenvalue weighted by molar-refractivity contribution is 7.23. The van der Waals surface area contributed by atoms with E-state index >= 15 is 4.39 Å². The van der Waals surface area contributed by atoms with Crippen LogP contribution in [-0.2, 0) is 11.0 Å². The third-order valence-electron chi connectivity index (χ3n) is 6.96. The summed E-state index contributed by atoms with van der Waals surface area (Å²) in [6, 6.07) is 3.76. The molecule has 14 heteroatoms. The van der Waals surface area contributed by atoms with Gasteiger partial charge < -0.3 is 20.3 Å². The fraction of sp³-hybridized carbons (Fsp3) is 0.259. The van der Waals surface area contributed by atoms with Crippen LogP contribution in [0.4, 0.5) is 32.8 Å². The minimum Gasteiger partial charge on any atom is -0.467 e. The number of piperazine rings is 1. The molecule has 0 bridgehead atoms. The van der Waals surface area contributed by atoms with Crippen molar-refractivity contribution in [3.05, 3.63) is 53.6 Å². The molecule has 0 spiro atoms. The maximum atomic E-state index is 16.4. The van der Waals surface area contributed by atoms with Crippen LogP contribution in [0.1, 0.15) is 18.1 Å². The number of ether oxygens (including phenoxy) is 1. The number of hydrogen-bond donors (Lipinski definition) is 1. The van der Waals surface area contributed by atoms with Gasteiger partial charge in [-0.1, -0.05) is 12.6 Å². The predicted octanol–water partition coefficient (Wildman–Crippen LogP) is 5.49. The Balaban J connectivity index is 1.81. The van der Waals surface area contributed by atoms with Crippen molar-refractivity contribution in [2.24, 2.45) is 0 Å². The summed E-state index contributed by atoms with van der Waals surface area (Å²) >= 11 is 0.683. The number of methoxy groups -OCH3 is 1. The van der Waals surface area contributed by atoms with Crippen LogP contribution in [-0.4, -0.2) is 53.6 Å². The first kappa shape index (κ1) is 28.0. The van der Waals surface area contributed by atoms with E-state index in [-0.39, 0.29) is 75.0 Å². The average molecular weight is 589 g/mol. The number of amides is 1. The molecule has 0 radical (unpaired) electrons. The van der Waals surface area contributed by atoms with Gasteiger partial charge in [-0.05, 0) is 30.7 Å². The lowest BCUT2D eigenvalue weighted by Crippen LogP contribution is -2.54. The van der Waals surface area contributed by atoms with E-state index in [1.54, 1.807) is 22.8 Å². The molecule has 1 unspecified atom stereocenters. The molecule has 212 valence electrons. The van der Waals surface area contributed by atoms with Crippen LogP contribution in [0.25, 0.3) is 32.1 Å². The van der Waals surface area contributed by atoms with Crippen molar-refractivity contribution in [1.82, 2.24) is 14.9 Å². The van der Waals surface area contributed by atoms with Crippen LogP contribution >= 0.6 is 11.3 Å². The van der Waals surface area contributed by atoms with Crippen LogP contribution in [0.5, 0.6) is 6.01 Å². The Labute approximate surface area is 234 Å². The fourth-order valence-corrected chi connectivity index (χ4v) is 6.06. The second-order valence-electron chi connectivity index (χ2n) is 9.32. The van der Waals surface area contributed by atoms with Crippen molar-refractivity contribution in [2.45, 2.75) is 19.1 Å². The zero-order chi connectivity index (χ0) is 29.8. The Hall–Kier alpha value is -4.51. The molecule has 8 nitrogen and oxygen atoms in total. The summed E-state index contributed by atoms with van der Waals surface area (Å²) < 4.78 is 79.9. The highest BCUT2D eigenvalue weighted by Gasteiger charge is 2.39. The molecule has 4 aromatic rings. The van der Waals surface area contributed by atoms with Gasteiger partial charge in [-0.2, -0.15) is 28.4 Å². The van der Waals surface area contributed by atoms with E-state index in [0.717, 1.165) is 18.2 Å². The molecule has 3 heterocycles. The molecule has 2 aromatic heterocycles. The zero-order valence-electron chi connectivity index (χ0n) is 21.6. The van der Waals surface area contributed by atoms with Crippen LogP contribution in [0.15, 0.2) is 30.9 Å². The number of hydrogen-bond acceptors (Lipinski definition) is 8. The Kier molecular flexibility index (Phi) is 6.94. The lowest BCUT2D eigenvalue weighted by atomic mass is 9.92. The van der Waals surface area contributed by atoms with Crippen LogP contribution in [0, 0.1) is 23.0 Å². The molecule has 1 saturated heterocycles. The second kappa shape index (κ2) is 10.2. The van der Waals surface area contributed by atoms with Gasteiger partial charge in [-0.15, -0.1) is 11.3 Å².